The molecule has 0 bridgehead atoms. The van der Waals surface area contributed by atoms with E-state index in [9.17, 15) is 9.59 Å². The van der Waals surface area contributed by atoms with E-state index < -0.39 is 6.04 Å². The van der Waals surface area contributed by atoms with E-state index in [2.05, 4.69) is 10.3 Å². The van der Waals surface area contributed by atoms with Crippen LogP contribution in [0.5, 0.6) is 0 Å². The fourth-order valence-electron chi connectivity index (χ4n) is 2.72. The zero-order valence-electron chi connectivity index (χ0n) is 13.3. The van der Waals surface area contributed by atoms with E-state index in [0.717, 1.165) is 10.6 Å². The van der Waals surface area contributed by atoms with Crippen molar-refractivity contribution in [3.63, 3.8) is 0 Å². The van der Waals surface area contributed by atoms with Gasteiger partial charge in [0.1, 0.15) is 11.7 Å². The highest BCUT2D eigenvalue weighted by atomic mass is 32.1. The van der Waals surface area contributed by atoms with Gasteiger partial charge in [-0.3, -0.25) is 9.59 Å². The molecule has 0 aliphatic carbocycles. The Morgan fingerprint density at radius 1 is 1.38 bits per heavy atom. The summed E-state index contributed by atoms with van der Waals surface area (Å²) in [6, 6.07) is 9.37. The quantitative estimate of drug-likeness (QED) is 0.823. The van der Waals surface area contributed by atoms with Crippen LogP contribution < -0.4 is 11.1 Å². The largest absolute Gasteiger partial charge is 0.339 e. The van der Waals surface area contributed by atoms with Crippen LogP contribution in [0, 0.1) is 0 Å². The second-order valence-corrected chi connectivity index (χ2v) is 6.67. The van der Waals surface area contributed by atoms with E-state index in [0.29, 0.717) is 38.2 Å². The number of thiazole rings is 1. The van der Waals surface area contributed by atoms with Gasteiger partial charge in [-0.1, -0.05) is 30.3 Å². The summed E-state index contributed by atoms with van der Waals surface area (Å²) < 4.78 is 0. The molecule has 2 aromatic rings. The van der Waals surface area contributed by atoms with Crippen LogP contribution in [0.1, 0.15) is 27.5 Å². The number of hydrogen-bond donors (Lipinski definition) is 2. The lowest BCUT2D eigenvalue weighted by atomic mass is 10.2. The first-order valence-corrected chi connectivity index (χ1v) is 8.83. The van der Waals surface area contributed by atoms with E-state index in [1.54, 1.807) is 10.3 Å². The van der Waals surface area contributed by atoms with E-state index in [4.69, 9.17) is 5.73 Å². The second kappa shape index (κ2) is 7.55. The summed E-state index contributed by atoms with van der Waals surface area (Å²) in [5, 5.41) is 5.35. The Kier molecular flexibility index (Phi) is 5.22. The molecular weight excluding hydrogens is 324 g/mol. The molecule has 1 aromatic heterocycles. The molecule has 1 atom stereocenters. The second-order valence-electron chi connectivity index (χ2n) is 5.73. The summed E-state index contributed by atoms with van der Waals surface area (Å²) in [6.07, 6.45) is 1.28. The Morgan fingerprint density at radius 2 is 2.17 bits per heavy atom. The molecule has 0 saturated carbocycles. The zero-order valence-corrected chi connectivity index (χ0v) is 14.1. The molecule has 0 spiro atoms. The Balaban J connectivity index is 1.57. The first-order chi connectivity index (χ1) is 11.7. The number of nitrogens with two attached hydrogens (primary N) is 1. The molecule has 1 fully saturated rings. The lowest BCUT2D eigenvalue weighted by Gasteiger charge is -2.17. The average molecular weight is 344 g/mol. The number of likely N-dealkylation sites (tertiary alicyclic amines) is 1. The highest BCUT2D eigenvalue weighted by Gasteiger charge is 2.33. The molecule has 2 heterocycles. The van der Waals surface area contributed by atoms with Crippen LogP contribution >= 0.6 is 11.3 Å². The van der Waals surface area contributed by atoms with Gasteiger partial charge in [0, 0.05) is 24.9 Å². The number of benzene rings is 1. The van der Waals surface area contributed by atoms with Crippen molar-refractivity contribution in [1.82, 2.24) is 15.2 Å². The molecular formula is C17H20N4O2S. The maximum absolute atomic E-state index is 12.5. The summed E-state index contributed by atoms with van der Waals surface area (Å²) in [5.41, 5.74) is 6.94. The van der Waals surface area contributed by atoms with Crippen LogP contribution in [-0.4, -0.2) is 40.8 Å². The predicted octanol–water partition coefficient (Wildman–Crippen LogP) is 1.18. The van der Waals surface area contributed by atoms with Gasteiger partial charge >= 0.3 is 0 Å². The van der Waals surface area contributed by atoms with Gasteiger partial charge in [0.25, 0.3) is 5.91 Å². The van der Waals surface area contributed by atoms with Gasteiger partial charge < -0.3 is 16.0 Å². The maximum Gasteiger partial charge on any atom is 0.271 e. The van der Waals surface area contributed by atoms with Crippen LogP contribution in [0.15, 0.2) is 35.7 Å². The monoisotopic (exact) mass is 344 g/mol. The van der Waals surface area contributed by atoms with Crippen molar-refractivity contribution in [3.8, 4) is 0 Å². The van der Waals surface area contributed by atoms with Gasteiger partial charge in [-0.2, -0.15) is 0 Å². The fourth-order valence-corrected chi connectivity index (χ4v) is 3.51. The number of nitrogens with zero attached hydrogens (tertiary/aromatic N) is 2. The highest BCUT2D eigenvalue weighted by Crippen LogP contribution is 2.16. The van der Waals surface area contributed by atoms with E-state index in [-0.39, 0.29) is 11.8 Å². The smallest absolute Gasteiger partial charge is 0.271 e. The van der Waals surface area contributed by atoms with Gasteiger partial charge in [-0.05, 0) is 18.5 Å². The van der Waals surface area contributed by atoms with E-state index >= 15 is 0 Å². The zero-order chi connectivity index (χ0) is 16.9. The van der Waals surface area contributed by atoms with Crippen LogP contribution in [0.3, 0.4) is 0 Å². The van der Waals surface area contributed by atoms with Crippen molar-refractivity contribution in [1.29, 1.82) is 0 Å². The van der Waals surface area contributed by atoms with Crippen LogP contribution in [0.2, 0.25) is 0 Å². The van der Waals surface area contributed by atoms with Crippen LogP contribution in [0.25, 0.3) is 0 Å². The Morgan fingerprint density at radius 3 is 2.92 bits per heavy atom. The normalized spacial score (nSPS) is 17.3. The molecule has 2 amide bonds. The maximum atomic E-state index is 12.5. The predicted molar refractivity (Wildman–Crippen MR) is 92.6 cm³/mol. The summed E-state index contributed by atoms with van der Waals surface area (Å²) in [7, 11) is 0. The summed E-state index contributed by atoms with van der Waals surface area (Å²) in [5.74, 6) is -0.334. The summed E-state index contributed by atoms with van der Waals surface area (Å²) in [4.78, 5) is 30.8. The molecule has 1 aromatic carbocycles. The summed E-state index contributed by atoms with van der Waals surface area (Å²) in [6.45, 7) is 1.72. The molecule has 1 unspecified atom stereocenters. The van der Waals surface area contributed by atoms with Crippen molar-refractivity contribution in [2.24, 2.45) is 5.73 Å². The minimum Gasteiger partial charge on any atom is -0.339 e. The van der Waals surface area contributed by atoms with Gasteiger partial charge in [-0.15, -0.1) is 11.3 Å². The van der Waals surface area contributed by atoms with E-state index in [1.165, 1.54) is 11.3 Å². The lowest BCUT2D eigenvalue weighted by molar-refractivity contribution is -0.129. The van der Waals surface area contributed by atoms with Gasteiger partial charge in [-0.25, -0.2) is 4.98 Å². The fraction of sp³-hybridized carbons (Fsp3) is 0.353. The van der Waals surface area contributed by atoms with Gasteiger partial charge in [0.05, 0.1) is 5.01 Å². The number of nitrogens with one attached hydrogen (secondary N) is 1. The van der Waals surface area contributed by atoms with Crippen molar-refractivity contribution in [2.75, 3.05) is 13.1 Å². The van der Waals surface area contributed by atoms with Gasteiger partial charge in [0.2, 0.25) is 5.91 Å². The molecule has 1 aliphatic rings. The first kappa shape index (κ1) is 16.6. The SMILES string of the molecule is NCCc1nc(C(=O)NC2CCN(Cc3ccccc3)C2=O)cs1. The number of rotatable bonds is 6. The van der Waals surface area contributed by atoms with Crippen molar-refractivity contribution < 1.29 is 9.59 Å². The van der Waals surface area contributed by atoms with Gasteiger partial charge in [0.15, 0.2) is 0 Å². The minimum absolute atomic E-state index is 0.0374. The molecule has 3 rings (SSSR count). The minimum atomic E-state index is -0.471. The summed E-state index contributed by atoms with van der Waals surface area (Å²) >= 11 is 1.42. The van der Waals surface area contributed by atoms with Crippen molar-refractivity contribution >= 4 is 23.2 Å². The number of carbonyl (C=O) groups excluding carboxylic acids is 2. The molecule has 6 nitrogen and oxygen atoms in total. The van der Waals surface area contributed by atoms with Crippen molar-refractivity contribution in [3.05, 3.63) is 52.0 Å². The Bertz CT molecular complexity index is 716. The molecule has 1 saturated heterocycles. The Hall–Kier alpha value is -2.25. The van der Waals surface area contributed by atoms with Crippen LogP contribution in [0.4, 0.5) is 0 Å². The standard InChI is InChI=1S/C17H20N4O2S/c18-8-6-15-19-14(11-24-15)16(22)20-13-7-9-21(17(13)23)10-12-4-2-1-3-5-12/h1-5,11,13H,6-10,18H2,(H,20,22). The first-order valence-electron chi connectivity index (χ1n) is 7.95. The molecule has 24 heavy (non-hydrogen) atoms. The number of aromatic nitrogens is 1. The van der Waals surface area contributed by atoms with Crippen molar-refractivity contribution in [2.45, 2.75) is 25.4 Å². The molecule has 3 N–H and O–H groups in total. The third kappa shape index (κ3) is 3.80. The molecule has 7 heteroatoms. The topological polar surface area (TPSA) is 88.3 Å². The molecule has 0 radical (unpaired) electrons. The average Bonchev–Trinajstić information content (AvgIpc) is 3.18. The van der Waals surface area contributed by atoms with E-state index in [1.807, 2.05) is 30.3 Å². The molecule has 126 valence electrons. The Labute approximate surface area is 144 Å². The number of hydrogen-bond acceptors (Lipinski definition) is 5. The van der Waals surface area contributed by atoms with Crippen LogP contribution in [-0.2, 0) is 17.8 Å². The third-order valence-electron chi connectivity index (χ3n) is 3.96. The number of carbonyl (C=O) groups is 2. The highest BCUT2D eigenvalue weighted by molar-refractivity contribution is 7.09. The molecule has 1 aliphatic heterocycles. The number of amides is 2. The lowest BCUT2D eigenvalue weighted by Crippen LogP contribution is -2.41. The third-order valence-corrected chi connectivity index (χ3v) is 4.87.